The van der Waals surface area contributed by atoms with Crippen molar-refractivity contribution in [2.24, 2.45) is 0 Å². The van der Waals surface area contributed by atoms with E-state index in [9.17, 15) is 4.79 Å². The maximum absolute atomic E-state index is 10.5. The van der Waals surface area contributed by atoms with Crippen LogP contribution in [-0.4, -0.2) is 74.7 Å². The van der Waals surface area contributed by atoms with Gasteiger partial charge in [0.2, 0.25) is 0 Å². The van der Waals surface area contributed by atoms with Crippen LogP contribution < -0.4 is 5.32 Å². The van der Waals surface area contributed by atoms with Crippen molar-refractivity contribution in [3.8, 4) is 0 Å². The molecule has 13 heavy (non-hydrogen) atoms. The topological polar surface area (TPSA) is 46.4 Å². The van der Waals surface area contributed by atoms with Gasteiger partial charge in [-0.05, 0) is 19.4 Å². The van der Waals surface area contributed by atoms with Gasteiger partial charge in [0.25, 0.3) is 0 Å². The Kier molecular flexibility index (Phi) is 8.65. The second kappa shape index (κ2) is 8.15. The molecule has 1 aliphatic rings. The molecule has 1 heterocycles. The van der Waals surface area contributed by atoms with Gasteiger partial charge in [-0.15, -0.1) is 6.54 Å². The number of hydrogen-bond acceptors (Lipinski definition) is 3. The summed E-state index contributed by atoms with van der Waals surface area (Å²) in [6, 6.07) is 0.0230. The molecule has 1 atom stereocenters. The van der Waals surface area contributed by atoms with Gasteiger partial charge in [-0.3, -0.25) is 7.05 Å². The third-order valence-electron chi connectivity index (χ3n) is 2.00. The number of rotatable bonds is 5. The van der Waals surface area contributed by atoms with Gasteiger partial charge in [-0.25, -0.2) is 0 Å². The molecule has 1 N–H and O–H groups in total. The van der Waals surface area contributed by atoms with Gasteiger partial charge >= 0.3 is 37.7 Å². The van der Waals surface area contributed by atoms with E-state index in [-0.39, 0.29) is 43.8 Å². The largest absolute Gasteiger partial charge is 2.00 e. The number of aldehydes is 1. The van der Waals surface area contributed by atoms with Gasteiger partial charge in [0.05, 0.1) is 0 Å². The van der Waals surface area contributed by atoms with Gasteiger partial charge < -0.3 is 20.5 Å². The Morgan fingerprint density at radius 3 is 3.08 bits per heavy atom. The van der Waals surface area contributed by atoms with Gasteiger partial charge in [0, 0.05) is 6.04 Å². The molecule has 0 saturated carbocycles. The molecule has 4 nitrogen and oxygen atoms in total. The van der Waals surface area contributed by atoms with Crippen molar-refractivity contribution < 1.29 is 4.79 Å². The Morgan fingerprint density at radius 1 is 1.69 bits per heavy atom. The fraction of sp³-hybridized carbons (Fsp3) is 0.750. The molecule has 5 heteroatoms. The minimum atomic E-state index is 0. The van der Waals surface area contributed by atoms with Crippen molar-refractivity contribution in [1.82, 2.24) is 10.3 Å². The number of carbonyl (C=O) groups is 1. The number of nitrogens with one attached hydrogen (secondary N) is 1. The smallest absolute Gasteiger partial charge is 0.593 e. The minimum Gasteiger partial charge on any atom is -0.593 e. The molecule has 0 bridgehead atoms. The molecule has 70 valence electrons. The maximum atomic E-state index is 10.5. The molecule has 1 fully saturated rings. The first-order valence-corrected chi connectivity index (χ1v) is 4.28. The van der Waals surface area contributed by atoms with E-state index in [4.69, 9.17) is 0 Å². The number of carbonyl (C=O) groups excluding carboxylic acids is 1. The van der Waals surface area contributed by atoms with E-state index in [1.165, 1.54) is 0 Å². The SMILES string of the molecule is [CH2-]NCC[N-]N1CCC[C@H]1C=O.[Ca+2]. The zero-order valence-corrected chi connectivity index (χ0v) is 10.1. The second-order valence-corrected chi connectivity index (χ2v) is 2.87. The van der Waals surface area contributed by atoms with E-state index in [1.54, 1.807) is 0 Å². The van der Waals surface area contributed by atoms with Gasteiger partial charge in [-0.1, -0.05) is 6.54 Å². The molecular formula is C8H15CaN3O. The fourth-order valence-electron chi connectivity index (χ4n) is 1.35. The second-order valence-electron chi connectivity index (χ2n) is 2.87. The molecule has 0 radical (unpaired) electrons. The normalized spacial score (nSPS) is 22.7. The van der Waals surface area contributed by atoms with Crippen LogP contribution in [0.5, 0.6) is 0 Å². The first-order valence-electron chi connectivity index (χ1n) is 4.28. The van der Waals surface area contributed by atoms with Gasteiger partial charge in [0.15, 0.2) is 0 Å². The maximum Gasteiger partial charge on any atom is 2.00 e. The van der Waals surface area contributed by atoms with E-state index >= 15 is 0 Å². The van der Waals surface area contributed by atoms with Crippen molar-refractivity contribution in [2.75, 3.05) is 19.6 Å². The minimum absolute atomic E-state index is 0. The van der Waals surface area contributed by atoms with E-state index < -0.39 is 0 Å². The molecule has 1 aliphatic heterocycles. The molecule has 1 rings (SSSR count). The Morgan fingerprint density at radius 2 is 2.46 bits per heavy atom. The fourth-order valence-corrected chi connectivity index (χ4v) is 1.35. The number of nitrogens with zero attached hydrogens (tertiary/aromatic N) is 2. The summed E-state index contributed by atoms with van der Waals surface area (Å²) in [5.74, 6) is 0. The summed E-state index contributed by atoms with van der Waals surface area (Å²) in [7, 11) is 3.49. The van der Waals surface area contributed by atoms with E-state index in [0.717, 1.165) is 32.2 Å². The first kappa shape index (κ1) is 13.8. The molecule has 0 amide bonds. The average molecular weight is 209 g/mol. The quantitative estimate of drug-likeness (QED) is 0.299. The third kappa shape index (κ3) is 4.72. The summed E-state index contributed by atoms with van der Waals surface area (Å²) in [5, 5.41) is 4.65. The van der Waals surface area contributed by atoms with Crippen molar-refractivity contribution >= 4 is 44.0 Å². The van der Waals surface area contributed by atoms with Crippen LogP contribution in [0, 0.1) is 7.05 Å². The summed E-state index contributed by atoms with van der Waals surface area (Å²) in [6.45, 7) is 2.39. The van der Waals surface area contributed by atoms with Crippen molar-refractivity contribution in [2.45, 2.75) is 18.9 Å². The average Bonchev–Trinajstić information content (AvgIpc) is 2.52. The standard InChI is InChI=1S/C8H15N3O.Ca/c1-9-4-5-10-11-6-2-3-8(11)7-12;/h7-9H,1-6H2;/q-2;+2/t8-;/m0./s1. The van der Waals surface area contributed by atoms with Crippen LogP contribution in [0.1, 0.15) is 12.8 Å². The third-order valence-corrected chi connectivity index (χ3v) is 2.00. The van der Waals surface area contributed by atoms with Crippen molar-refractivity contribution in [3.05, 3.63) is 12.5 Å². The molecule has 0 aliphatic carbocycles. The molecule has 0 aromatic rings. The van der Waals surface area contributed by atoms with Crippen LogP contribution in [0.3, 0.4) is 0 Å². The molecule has 0 spiro atoms. The van der Waals surface area contributed by atoms with E-state index in [1.807, 2.05) is 5.01 Å². The Balaban J connectivity index is 0.00000144. The molecule has 0 aromatic carbocycles. The first-order chi connectivity index (χ1) is 5.88. The predicted octanol–water partition coefficient (Wildman–Crippen LogP) is -0.0612. The molecule has 0 aromatic heterocycles. The summed E-state index contributed by atoms with van der Waals surface area (Å²) >= 11 is 0. The van der Waals surface area contributed by atoms with Crippen molar-refractivity contribution in [1.29, 1.82) is 0 Å². The predicted molar refractivity (Wildman–Crippen MR) is 53.1 cm³/mol. The van der Waals surface area contributed by atoms with Crippen LogP contribution in [0.25, 0.3) is 5.43 Å². The van der Waals surface area contributed by atoms with Crippen LogP contribution in [-0.2, 0) is 4.79 Å². The van der Waals surface area contributed by atoms with Crippen LogP contribution in [0.4, 0.5) is 0 Å². The van der Waals surface area contributed by atoms with Crippen LogP contribution in [0.2, 0.25) is 0 Å². The summed E-state index contributed by atoms with van der Waals surface area (Å²) < 4.78 is 0. The van der Waals surface area contributed by atoms with Crippen LogP contribution >= 0.6 is 0 Å². The Hall–Kier alpha value is 0.810. The number of hydrogen-bond donors (Lipinski definition) is 1. The zero-order chi connectivity index (χ0) is 8.81. The molecular weight excluding hydrogens is 194 g/mol. The molecule has 0 unspecified atom stereocenters. The Labute approximate surface area is 109 Å². The zero-order valence-electron chi connectivity index (χ0n) is 7.91. The summed E-state index contributed by atoms with van der Waals surface area (Å²) in [6.07, 6.45) is 3.00. The summed E-state index contributed by atoms with van der Waals surface area (Å²) in [5.41, 5.74) is 4.26. The van der Waals surface area contributed by atoms with E-state index in [0.29, 0.717) is 6.54 Å². The monoisotopic (exact) mass is 209 g/mol. The molecule has 1 saturated heterocycles. The van der Waals surface area contributed by atoms with Crippen LogP contribution in [0.15, 0.2) is 0 Å². The Bertz CT molecular complexity index is 145. The van der Waals surface area contributed by atoms with Crippen molar-refractivity contribution in [3.63, 3.8) is 0 Å². The van der Waals surface area contributed by atoms with E-state index in [2.05, 4.69) is 17.8 Å². The van der Waals surface area contributed by atoms with Gasteiger partial charge in [-0.2, -0.15) is 0 Å². The summed E-state index contributed by atoms with van der Waals surface area (Å²) in [4.78, 5) is 10.5. The van der Waals surface area contributed by atoms with Gasteiger partial charge in [0.1, 0.15) is 6.29 Å².